The minimum atomic E-state index is -0.960. The van der Waals surface area contributed by atoms with E-state index in [1.54, 1.807) is 0 Å². The summed E-state index contributed by atoms with van der Waals surface area (Å²) < 4.78 is 20.9. The van der Waals surface area contributed by atoms with E-state index in [4.69, 9.17) is 18.9 Å². The first-order valence-corrected chi connectivity index (χ1v) is 36.5. The monoisotopic (exact) mass is 1190 g/mol. The first kappa shape index (κ1) is 83.3. The highest BCUT2D eigenvalue weighted by Crippen LogP contribution is 2.17. The number of esters is 4. The molecule has 0 radical (unpaired) electrons. The third-order valence-corrected chi connectivity index (χ3v) is 16.1. The number of carbonyl (C=O) groups is 4. The molecule has 0 bridgehead atoms. The molecule has 0 aromatic heterocycles. The zero-order valence-corrected chi connectivity index (χ0v) is 56.1. The van der Waals surface area contributed by atoms with Crippen LogP contribution < -0.4 is 0 Å². The van der Waals surface area contributed by atoms with Gasteiger partial charge in [-0.3, -0.25) is 19.2 Å². The molecule has 496 valence electrons. The van der Waals surface area contributed by atoms with E-state index in [0.29, 0.717) is 25.7 Å². The molecule has 10 nitrogen and oxygen atoms in total. The van der Waals surface area contributed by atoms with Crippen LogP contribution in [0.2, 0.25) is 0 Å². The highest BCUT2D eigenvalue weighted by molar-refractivity contribution is 5.70. The predicted molar refractivity (Wildman–Crippen MR) is 355 cm³/mol. The molecule has 84 heavy (non-hydrogen) atoms. The van der Waals surface area contributed by atoms with Crippen molar-refractivity contribution in [1.82, 2.24) is 0 Å². The quantitative estimate of drug-likeness (QED) is 0.0261. The molecule has 1 unspecified atom stereocenters. The molecule has 0 amide bonds. The maximum absolute atomic E-state index is 12.1. The van der Waals surface area contributed by atoms with E-state index in [1.165, 1.54) is 250 Å². The van der Waals surface area contributed by atoms with E-state index < -0.39 is 12.2 Å². The van der Waals surface area contributed by atoms with E-state index in [0.717, 1.165) is 83.5 Å². The van der Waals surface area contributed by atoms with Gasteiger partial charge in [-0.15, -0.1) is 0 Å². The van der Waals surface area contributed by atoms with Crippen molar-refractivity contribution < 1.29 is 48.3 Å². The number of aliphatic hydroxyl groups excluding tert-OH is 2. The lowest BCUT2D eigenvalue weighted by Crippen LogP contribution is -2.28. The third kappa shape index (κ3) is 71.8. The van der Waals surface area contributed by atoms with Crippen molar-refractivity contribution in [2.24, 2.45) is 0 Å². The van der Waals surface area contributed by atoms with Crippen LogP contribution in [0.5, 0.6) is 0 Å². The molecule has 0 heterocycles. The summed E-state index contributed by atoms with van der Waals surface area (Å²) in [5.74, 6) is -1.16. The average Bonchev–Trinajstić information content (AvgIpc) is 3.49. The zero-order chi connectivity index (χ0) is 61.5. The lowest BCUT2D eigenvalue weighted by atomic mass is 10.0. The molecule has 0 fully saturated rings. The van der Waals surface area contributed by atoms with Gasteiger partial charge in [0.2, 0.25) is 0 Å². The summed E-state index contributed by atoms with van der Waals surface area (Å²) >= 11 is 0. The first-order valence-electron chi connectivity index (χ1n) is 36.5. The second kappa shape index (κ2) is 72.8. The largest absolute Gasteiger partial charge is 0.463 e. The van der Waals surface area contributed by atoms with Gasteiger partial charge in [0.15, 0.2) is 6.10 Å². The molecular formula is C74H140O10. The van der Waals surface area contributed by atoms with Crippen LogP contribution >= 0.6 is 0 Å². The van der Waals surface area contributed by atoms with Crippen molar-refractivity contribution in [2.75, 3.05) is 26.4 Å². The molecule has 0 saturated heterocycles. The van der Waals surface area contributed by atoms with Crippen LogP contribution in [-0.2, 0) is 38.1 Å². The van der Waals surface area contributed by atoms with Crippen LogP contribution in [0.4, 0.5) is 0 Å². The molecule has 2 atom stereocenters. The fraction of sp³-hybridized carbons (Fsp3) is 0.892. The summed E-state index contributed by atoms with van der Waals surface area (Å²) in [6.45, 7) is 8.42. The molecule has 0 aliphatic heterocycles. The normalized spacial score (nSPS) is 12.2. The Morgan fingerprint density at radius 2 is 0.488 bits per heavy atom. The summed E-state index contributed by atoms with van der Waals surface area (Å²) in [4.78, 5) is 48.0. The Bertz CT molecular complexity index is 1410. The van der Waals surface area contributed by atoms with Gasteiger partial charge in [-0.2, -0.15) is 0 Å². The van der Waals surface area contributed by atoms with Crippen molar-refractivity contribution in [1.29, 1.82) is 0 Å². The second-order valence-electron chi connectivity index (χ2n) is 24.7. The maximum Gasteiger partial charge on any atom is 0.306 e. The minimum Gasteiger partial charge on any atom is -0.463 e. The Labute approximate surface area is 520 Å². The molecule has 0 aliphatic carbocycles. The third-order valence-electron chi connectivity index (χ3n) is 16.1. The van der Waals surface area contributed by atoms with Gasteiger partial charge < -0.3 is 29.2 Å². The van der Waals surface area contributed by atoms with E-state index in [1.807, 2.05) is 0 Å². The van der Waals surface area contributed by atoms with Gasteiger partial charge >= 0.3 is 23.9 Å². The van der Waals surface area contributed by atoms with Crippen LogP contribution in [0.1, 0.15) is 387 Å². The Morgan fingerprint density at radius 1 is 0.286 bits per heavy atom. The summed E-state index contributed by atoms with van der Waals surface area (Å²) in [5, 5.41) is 19.5. The molecule has 0 spiro atoms. The molecule has 0 aromatic carbocycles. The lowest BCUT2D eigenvalue weighted by Gasteiger charge is -2.15. The van der Waals surface area contributed by atoms with Crippen molar-refractivity contribution in [3.05, 3.63) is 24.3 Å². The Morgan fingerprint density at radius 3 is 0.726 bits per heavy atom. The second-order valence-corrected chi connectivity index (χ2v) is 24.7. The number of unbranched alkanes of at least 4 members (excludes halogenated alkanes) is 46. The predicted octanol–water partition coefficient (Wildman–Crippen LogP) is 21.9. The molecular weight excluding hydrogens is 1050 g/mol. The van der Waals surface area contributed by atoms with Crippen LogP contribution in [0, 0.1) is 0 Å². The fourth-order valence-corrected chi connectivity index (χ4v) is 10.5. The molecule has 0 saturated carbocycles. The smallest absolute Gasteiger partial charge is 0.306 e. The van der Waals surface area contributed by atoms with Crippen molar-refractivity contribution >= 4 is 23.9 Å². The van der Waals surface area contributed by atoms with Crippen LogP contribution in [-0.4, -0.2) is 72.7 Å². The van der Waals surface area contributed by atoms with Crippen molar-refractivity contribution in [3.8, 4) is 0 Å². The van der Waals surface area contributed by atoms with E-state index in [2.05, 4.69) is 52.0 Å². The Balaban J connectivity index is 0. The van der Waals surface area contributed by atoms with E-state index >= 15 is 0 Å². The molecule has 0 rings (SSSR count). The summed E-state index contributed by atoms with van der Waals surface area (Å²) in [7, 11) is 0. The summed E-state index contributed by atoms with van der Waals surface area (Å²) in [6, 6.07) is 0. The van der Waals surface area contributed by atoms with Crippen LogP contribution in [0.3, 0.4) is 0 Å². The number of rotatable bonds is 66. The zero-order valence-electron chi connectivity index (χ0n) is 56.1. The summed E-state index contributed by atoms with van der Waals surface area (Å²) in [5.41, 5.74) is 0. The topological polar surface area (TPSA) is 146 Å². The number of ether oxygens (including phenoxy) is 4. The standard InChI is InChI=1S/2C37H70O5/c1-3-5-7-9-11-13-15-17-18-20-22-24-26-28-30-32-37(40)42-34-35(38)33-41-36(39)31-29-27-25-23-21-19-16-14-12-10-8-6-4-2;1-3-5-7-9-11-13-15-17-18-20-22-24-26-28-30-32-37(40)42-35(33-38)34-41-36(39)31-29-27-25-23-21-19-16-14-12-10-8-6-4-2/h2*17-18,35,38H,3-16,19-34H2,1-2H3/b2*18-17-/t;35-/m.0/s1. The number of hydrogen-bond acceptors (Lipinski definition) is 10. The van der Waals surface area contributed by atoms with Gasteiger partial charge in [-0.05, 0) is 77.0 Å². The minimum absolute atomic E-state index is 0.0636. The summed E-state index contributed by atoms with van der Waals surface area (Å²) in [6.07, 6.45) is 73.7. The number of aliphatic hydroxyl groups is 2. The molecule has 0 aliphatic rings. The van der Waals surface area contributed by atoms with Gasteiger partial charge in [-0.1, -0.05) is 309 Å². The number of carbonyl (C=O) groups excluding carboxylic acids is 4. The van der Waals surface area contributed by atoms with Gasteiger partial charge in [-0.25, -0.2) is 0 Å². The highest BCUT2D eigenvalue weighted by Gasteiger charge is 2.16. The van der Waals surface area contributed by atoms with Gasteiger partial charge in [0.05, 0.1) is 6.61 Å². The van der Waals surface area contributed by atoms with Gasteiger partial charge in [0.1, 0.15) is 25.9 Å². The van der Waals surface area contributed by atoms with Crippen molar-refractivity contribution in [2.45, 2.75) is 399 Å². The fourth-order valence-electron chi connectivity index (χ4n) is 10.5. The molecule has 2 N–H and O–H groups in total. The average molecular weight is 1190 g/mol. The van der Waals surface area contributed by atoms with Crippen LogP contribution in [0.15, 0.2) is 24.3 Å². The van der Waals surface area contributed by atoms with Gasteiger partial charge in [0, 0.05) is 25.7 Å². The SMILES string of the molecule is CCCCCCCC/C=C\CCCCCCCC(=O)OCC(O)COC(=O)CCCCCCCCCCCCCCC.CCCCCCCC/C=C\CCCCCCCC(=O)O[C@@H](CO)COC(=O)CCCCCCCCCCCCCCC. The van der Waals surface area contributed by atoms with E-state index in [9.17, 15) is 29.4 Å². The lowest BCUT2D eigenvalue weighted by molar-refractivity contribution is -0.161. The maximum atomic E-state index is 12.1. The molecule has 0 aromatic rings. The van der Waals surface area contributed by atoms with Gasteiger partial charge in [0.25, 0.3) is 0 Å². The number of allylic oxidation sites excluding steroid dienone is 4. The Kier molecular flexibility index (Phi) is 72.2. The first-order chi connectivity index (χ1) is 41.2. The van der Waals surface area contributed by atoms with Crippen molar-refractivity contribution in [3.63, 3.8) is 0 Å². The Hall–Kier alpha value is -2.72. The van der Waals surface area contributed by atoms with Crippen LogP contribution in [0.25, 0.3) is 0 Å². The highest BCUT2D eigenvalue weighted by atomic mass is 16.6. The van der Waals surface area contributed by atoms with E-state index in [-0.39, 0.29) is 50.3 Å². The molecule has 10 heteroatoms. The number of hydrogen-bond donors (Lipinski definition) is 2.